The molecule has 0 aliphatic carbocycles. The summed E-state index contributed by atoms with van der Waals surface area (Å²) in [6.45, 7) is 2.53. The maximum atomic E-state index is 12.4. The fraction of sp³-hybridized carbons (Fsp3) is 0.588. The zero-order valence-electron chi connectivity index (χ0n) is 12.5. The number of amides is 1. The Bertz CT molecular complexity index is 510. The summed E-state index contributed by atoms with van der Waals surface area (Å²) in [5.74, 6) is 0.533. The van der Waals surface area contributed by atoms with Crippen LogP contribution in [0.15, 0.2) is 18.2 Å². The van der Waals surface area contributed by atoms with Crippen LogP contribution in [-0.4, -0.2) is 35.0 Å². The molecule has 4 heteroatoms. The lowest BCUT2D eigenvalue weighted by molar-refractivity contribution is -0.132. The number of aromatic hydroxyl groups is 1. The molecule has 0 bridgehead atoms. The van der Waals surface area contributed by atoms with E-state index in [1.54, 1.807) is 12.1 Å². The number of carbonyl (C=O) groups excluding carboxylic acids is 1. The normalized spacial score (nSPS) is 21.9. The Morgan fingerprint density at radius 3 is 3.05 bits per heavy atom. The number of fused-ring (bicyclic) bond motifs is 1. The molecule has 2 N–H and O–H groups in total. The third kappa shape index (κ3) is 3.56. The van der Waals surface area contributed by atoms with Gasteiger partial charge in [-0.2, -0.15) is 0 Å². The van der Waals surface area contributed by atoms with E-state index in [0.29, 0.717) is 19.0 Å². The Morgan fingerprint density at radius 1 is 1.33 bits per heavy atom. The molecule has 1 saturated heterocycles. The number of phenolic OH excluding ortho intramolecular Hbond substituents is 1. The van der Waals surface area contributed by atoms with Crippen LogP contribution in [0.4, 0.5) is 0 Å². The van der Waals surface area contributed by atoms with Gasteiger partial charge in [-0.05, 0) is 55.5 Å². The van der Waals surface area contributed by atoms with Crippen molar-refractivity contribution in [3.63, 3.8) is 0 Å². The Balaban J connectivity index is 1.54. The standard InChI is InChI=1S/C17H24N2O2/c20-16-6-4-13-8-10-19(12-14(13)11-16)17(21)7-5-15-3-1-2-9-18-15/h4,6,11,15,18,20H,1-3,5,7-10,12H2. The number of nitrogens with zero attached hydrogens (tertiary/aromatic N) is 1. The van der Waals surface area contributed by atoms with Crippen molar-refractivity contribution in [2.24, 2.45) is 0 Å². The van der Waals surface area contributed by atoms with E-state index in [0.717, 1.165) is 31.5 Å². The molecule has 3 rings (SSSR count). The van der Waals surface area contributed by atoms with Gasteiger partial charge in [0.15, 0.2) is 0 Å². The summed E-state index contributed by atoms with van der Waals surface area (Å²) < 4.78 is 0. The lowest BCUT2D eigenvalue weighted by Crippen LogP contribution is -2.38. The molecule has 2 aliphatic rings. The molecule has 2 aliphatic heterocycles. The summed E-state index contributed by atoms with van der Waals surface area (Å²) in [6, 6.07) is 6.00. The Morgan fingerprint density at radius 2 is 2.24 bits per heavy atom. The molecule has 4 nitrogen and oxygen atoms in total. The van der Waals surface area contributed by atoms with E-state index in [4.69, 9.17) is 0 Å². The van der Waals surface area contributed by atoms with Gasteiger partial charge >= 0.3 is 0 Å². The highest BCUT2D eigenvalue weighted by Gasteiger charge is 2.22. The lowest BCUT2D eigenvalue weighted by Gasteiger charge is -2.30. The Hall–Kier alpha value is -1.55. The molecular formula is C17H24N2O2. The quantitative estimate of drug-likeness (QED) is 0.896. The molecule has 1 amide bonds. The summed E-state index contributed by atoms with van der Waals surface area (Å²) in [7, 11) is 0. The van der Waals surface area contributed by atoms with Gasteiger partial charge < -0.3 is 15.3 Å². The zero-order valence-corrected chi connectivity index (χ0v) is 12.5. The van der Waals surface area contributed by atoms with Crippen LogP contribution in [-0.2, 0) is 17.8 Å². The summed E-state index contributed by atoms with van der Waals surface area (Å²) in [6.07, 6.45) is 6.21. The highest BCUT2D eigenvalue weighted by molar-refractivity contribution is 5.76. The minimum Gasteiger partial charge on any atom is -0.508 e. The average molecular weight is 288 g/mol. The molecule has 114 valence electrons. The van der Waals surface area contributed by atoms with Gasteiger partial charge in [0.1, 0.15) is 5.75 Å². The van der Waals surface area contributed by atoms with Gasteiger partial charge in [0.25, 0.3) is 0 Å². The first-order chi connectivity index (χ1) is 10.2. The Labute approximate surface area is 126 Å². The minimum atomic E-state index is 0.247. The Kier molecular flexibility index (Phi) is 4.44. The SMILES string of the molecule is O=C(CCC1CCCCN1)N1CCc2ccc(O)cc2C1. The summed E-state index contributed by atoms with van der Waals surface area (Å²) in [5.41, 5.74) is 2.34. The first kappa shape index (κ1) is 14.4. The monoisotopic (exact) mass is 288 g/mol. The highest BCUT2D eigenvalue weighted by Crippen LogP contribution is 2.24. The third-order valence-electron chi connectivity index (χ3n) is 4.67. The predicted octanol–water partition coefficient (Wildman–Crippen LogP) is 2.20. The number of carbonyl (C=O) groups is 1. The van der Waals surface area contributed by atoms with Crippen LogP contribution in [0.3, 0.4) is 0 Å². The fourth-order valence-electron chi connectivity index (χ4n) is 3.38. The second-order valence-corrected chi connectivity index (χ2v) is 6.20. The molecule has 1 unspecified atom stereocenters. The van der Waals surface area contributed by atoms with Crippen molar-refractivity contribution in [1.82, 2.24) is 10.2 Å². The molecule has 0 radical (unpaired) electrons. The molecule has 1 aromatic carbocycles. The zero-order chi connectivity index (χ0) is 14.7. The number of hydrogen-bond donors (Lipinski definition) is 2. The van der Waals surface area contributed by atoms with Gasteiger partial charge in [0.2, 0.25) is 5.91 Å². The van der Waals surface area contributed by atoms with Crippen LogP contribution in [0, 0.1) is 0 Å². The van der Waals surface area contributed by atoms with Crippen molar-refractivity contribution in [1.29, 1.82) is 0 Å². The molecule has 0 spiro atoms. The van der Waals surface area contributed by atoms with Crippen LogP contribution in [0.5, 0.6) is 5.75 Å². The van der Waals surface area contributed by atoms with Crippen molar-refractivity contribution < 1.29 is 9.90 Å². The van der Waals surface area contributed by atoms with Crippen LogP contribution in [0.25, 0.3) is 0 Å². The predicted molar refractivity (Wildman–Crippen MR) is 82.1 cm³/mol. The maximum absolute atomic E-state index is 12.4. The molecule has 1 aromatic rings. The van der Waals surface area contributed by atoms with E-state index >= 15 is 0 Å². The van der Waals surface area contributed by atoms with Crippen LogP contribution < -0.4 is 5.32 Å². The number of benzene rings is 1. The number of phenols is 1. The molecule has 1 atom stereocenters. The van der Waals surface area contributed by atoms with Crippen molar-refractivity contribution in [3.05, 3.63) is 29.3 Å². The van der Waals surface area contributed by atoms with Crippen molar-refractivity contribution >= 4 is 5.91 Å². The molecule has 1 fully saturated rings. The molecule has 0 saturated carbocycles. The van der Waals surface area contributed by atoms with Crippen LogP contribution >= 0.6 is 0 Å². The van der Waals surface area contributed by atoms with Gasteiger partial charge in [-0.15, -0.1) is 0 Å². The summed E-state index contributed by atoms with van der Waals surface area (Å²) >= 11 is 0. The lowest BCUT2D eigenvalue weighted by atomic mass is 9.97. The van der Waals surface area contributed by atoms with Crippen molar-refractivity contribution in [2.75, 3.05) is 13.1 Å². The highest BCUT2D eigenvalue weighted by atomic mass is 16.3. The molecule has 21 heavy (non-hydrogen) atoms. The second-order valence-electron chi connectivity index (χ2n) is 6.20. The number of hydrogen-bond acceptors (Lipinski definition) is 3. The summed E-state index contributed by atoms with van der Waals surface area (Å²) in [4.78, 5) is 14.3. The number of piperidine rings is 1. The average Bonchev–Trinajstić information content (AvgIpc) is 2.53. The van der Waals surface area contributed by atoms with Gasteiger partial charge in [-0.1, -0.05) is 12.5 Å². The first-order valence-corrected chi connectivity index (χ1v) is 8.04. The van der Waals surface area contributed by atoms with E-state index < -0.39 is 0 Å². The van der Waals surface area contributed by atoms with E-state index in [1.807, 2.05) is 11.0 Å². The van der Waals surface area contributed by atoms with E-state index in [1.165, 1.54) is 24.8 Å². The van der Waals surface area contributed by atoms with Crippen LogP contribution in [0.1, 0.15) is 43.2 Å². The van der Waals surface area contributed by atoms with E-state index in [2.05, 4.69) is 5.32 Å². The number of rotatable bonds is 3. The number of nitrogens with one attached hydrogen (secondary N) is 1. The molecule has 0 aromatic heterocycles. The van der Waals surface area contributed by atoms with Crippen molar-refractivity contribution in [3.8, 4) is 5.75 Å². The fourth-order valence-corrected chi connectivity index (χ4v) is 3.38. The topological polar surface area (TPSA) is 52.6 Å². The minimum absolute atomic E-state index is 0.247. The van der Waals surface area contributed by atoms with Gasteiger partial charge in [0, 0.05) is 25.6 Å². The van der Waals surface area contributed by atoms with Gasteiger partial charge in [0.05, 0.1) is 0 Å². The van der Waals surface area contributed by atoms with Gasteiger partial charge in [-0.3, -0.25) is 4.79 Å². The third-order valence-corrected chi connectivity index (χ3v) is 4.67. The van der Waals surface area contributed by atoms with Crippen LogP contribution in [0.2, 0.25) is 0 Å². The molecular weight excluding hydrogens is 264 g/mol. The molecule has 2 heterocycles. The summed E-state index contributed by atoms with van der Waals surface area (Å²) in [5, 5.41) is 13.1. The largest absolute Gasteiger partial charge is 0.508 e. The maximum Gasteiger partial charge on any atom is 0.222 e. The van der Waals surface area contributed by atoms with E-state index in [9.17, 15) is 9.90 Å². The van der Waals surface area contributed by atoms with E-state index in [-0.39, 0.29) is 11.7 Å². The van der Waals surface area contributed by atoms with Crippen molar-refractivity contribution in [2.45, 2.75) is 51.1 Å². The smallest absolute Gasteiger partial charge is 0.222 e. The van der Waals surface area contributed by atoms with Gasteiger partial charge in [-0.25, -0.2) is 0 Å². The second kappa shape index (κ2) is 6.48. The first-order valence-electron chi connectivity index (χ1n) is 8.04.